The van der Waals surface area contributed by atoms with Crippen LogP contribution >= 0.6 is 0 Å². The zero-order valence-corrected chi connectivity index (χ0v) is 11.8. The van der Waals surface area contributed by atoms with Crippen LogP contribution in [0.15, 0.2) is 12.3 Å². The van der Waals surface area contributed by atoms with Gasteiger partial charge in [0.15, 0.2) is 11.5 Å². The molecule has 0 aromatic carbocycles. The summed E-state index contributed by atoms with van der Waals surface area (Å²) in [7, 11) is 3.29. The first-order valence-electron chi connectivity index (χ1n) is 6.56. The summed E-state index contributed by atoms with van der Waals surface area (Å²) in [6.45, 7) is 5.11. The van der Waals surface area contributed by atoms with Gasteiger partial charge in [-0.05, 0) is 12.8 Å². The van der Waals surface area contributed by atoms with Crippen LogP contribution < -0.4 is 14.8 Å². The van der Waals surface area contributed by atoms with E-state index in [1.165, 1.54) is 12.8 Å². The van der Waals surface area contributed by atoms with E-state index in [-0.39, 0.29) is 0 Å². The lowest BCUT2D eigenvalue weighted by Gasteiger charge is -2.17. The minimum absolute atomic E-state index is 0.535. The molecule has 1 N–H and O–H groups in total. The molecule has 4 heteroatoms. The van der Waals surface area contributed by atoms with Crippen LogP contribution in [0, 0.1) is 0 Å². The van der Waals surface area contributed by atoms with Crippen molar-refractivity contribution in [3.05, 3.63) is 18.0 Å². The van der Waals surface area contributed by atoms with E-state index in [4.69, 9.17) is 9.47 Å². The lowest BCUT2D eigenvalue weighted by molar-refractivity contribution is 0.346. The highest BCUT2D eigenvalue weighted by Crippen LogP contribution is 2.28. The molecule has 0 saturated carbocycles. The normalized spacial score (nSPS) is 12.2. The quantitative estimate of drug-likeness (QED) is 0.772. The molecule has 0 spiro atoms. The molecule has 0 radical (unpaired) electrons. The van der Waals surface area contributed by atoms with Gasteiger partial charge < -0.3 is 14.8 Å². The molecule has 102 valence electrons. The lowest BCUT2D eigenvalue weighted by Crippen LogP contribution is -2.28. The Bertz CT molecular complexity index is 356. The summed E-state index contributed by atoms with van der Waals surface area (Å²) in [5.41, 5.74) is 0.895. The maximum Gasteiger partial charge on any atom is 0.183 e. The fourth-order valence-electron chi connectivity index (χ4n) is 2.02. The molecule has 1 unspecified atom stereocenters. The Hall–Kier alpha value is -1.29. The number of nitrogens with zero attached hydrogens (tertiary/aromatic N) is 1. The second-order valence-electron chi connectivity index (χ2n) is 4.27. The van der Waals surface area contributed by atoms with Gasteiger partial charge in [-0.2, -0.15) is 0 Å². The molecule has 0 bridgehead atoms. The van der Waals surface area contributed by atoms with Crippen molar-refractivity contribution in [3.63, 3.8) is 0 Å². The van der Waals surface area contributed by atoms with Crippen LogP contribution in [0.2, 0.25) is 0 Å². The van der Waals surface area contributed by atoms with E-state index in [0.717, 1.165) is 23.6 Å². The summed E-state index contributed by atoms with van der Waals surface area (Å²) in [6, 6.07) is 2.35. The molecule has 0 aliphatic carbocycles. The summed E-state index contributed by atoms with van der Waals surface area (Å²) < 4.78 is 10.6. The fraction of sp³-hybridized carbons (Fsp3) is 0.643. The van der Waals surface area contributed by atoms with Gasteiger partial charge in [-0.3, -0.25) is 4.98 Å². The number of methoxy groups -OCH3 is 2. The Morgan fingerprint density at radius 1 is 1.28 bits per heavy atom. The van der Waals surface area contributed by atoms with Crippen molar-refractivity contribution in [1.29, 1.82) is 0 Å². The standard InChI is InChI=1S/C14H24N2O2/c1-5-7-11(6-2)16-10-12-14(18-4)13(17-3)8-9-15-12/h8-9,11,16H,5-7,10H2,1-4H3. The summed E-state index contributed by atoms with van der Waals surface area (Å²) in [5, 5.41) is 3.51. The molecule has 0 aliphatic heterocycles. The molecule has 1 heterocycles. The molecule has 1 atom stereocenters. The Morgan fingerprint density at radius 3 is 2.61 bits per heavy atom. The third-order valence-electron chi connectivity index (χ3n) is 3.05. The molecule has 1 aromatic rings. The van der Waals surface area contributed by atoms with Crippen molar-refractivity contribution in [2.75, 3.05) is 14.2 Å². The third kappa shape index (κ3) is 3.88. The number of nitrogens with one attached hydrogen (secondary N) is 1. The Morgan fingerprint density at radius 2 is 2.06 bits per heavy atom. The highest BCUT2D eigenvalue weighted by molar-refractivity contribution is 5.42. The lowest BCUT2D eigenvalue weighted by atomic mass is 10.1. The Labute approximate surface area is 110 Å². The van der Waals surface area contributed by atoms with Crippen molar-refractivity contribution in [2.24, 2.45) is 0 Å². The average Bonchev–Trinajstić information content (AvgIpc) is 2.42. The van der Waals surface area contributed by atoms with E-state index in [2.05, 4.69) is 24.1 Å². The molecular weight excluding hydrogens is 228 g/mol. The second kappa shape index (κ2) is 7.93. The first kappa shape index (κ1) is 14.8. The predicted molar refractivity (Wildman–Crippen MR) is 73.2 cm³/mol. The molecule has 1 rings (SSSR count). The molecule has 4 nitrogen and oxygen atoms in total. The SMILES string of the molecule is CCCC(CC)NCc1nccc(OC)c1OC. The molecule has 18 heavy (non-hydrogen) atoms. The number of ether oxygens (including phenoxy) is 2. The van der Waals surface area contributed by atoms with Crippen molar-refractivity contribution >= 4 is 0 Å². The molecule has 0 amide bonds. The van der Waals surface area contributed by atoms with Gasteiger partial charge in [0.25, 0.3) is 0 Å². The van der Waals surface area contributed by atoms with Crippen LogP contribution in [-0.4, -0.2) is 25.2 Å². The van der Waals surface area contributed by atoms with Crippen molar-refractivity contribution in [1.82, 2.24) is 10.3 Å². The number of hydrogen-bond donors (Lipinski definition) is 1. The van der Waals surface area contributed by atoms with Crippen molar-refractivity contribution in [3.8, 4) is 11.5 Å². The highest BCUT2D eigenvalue weighted by Gasteiger charge is 2.12. The van der Waals surface area contributed by atoms with Gasteiger partial charge in [0.05, 0.1) is 19.9 Å². The molecule has 0 saturated heterocycles. The van der Waals surface area contributed by atoms with E-state index in [1.54, 1.807) is 20.4 Å². The van der Waals surface area contributed by atoms with Gasteiger partial charge in [-0.1, -0.05) is 20.3 Å². The fourth-order valence-corrected chi connectivity index (χ4v) is 2.02. The smallest absolute Gasteiger partial charge is 0.183 e. The second-order valence-corrected chi connectivity index (χ2v) is 4.27. The summed E-state index contributed by atoms with van der Waals surface area (Å²) in [6.07, 6.45) is 5.25. The van der Waals surface area contributed by atoms with Gasteiger partial charge in [-0.25, -0.2) is 0 Å². The maximum absolute atomic E-state index is 5.37. The first-order valence-corrected chi connectivity index (χ1v) is 6.56. The van der Waals surface area contributed by atoms with Crippen molar-refractivity contribution < 1.29 is 9.47 Å². The van der Waals surface area contributed by atoms with Crippen LogP contribution in [0.5, 0.6) is 11.5 Å². The largest absolute Gasteiger partial charge is 0.493 e. The van der Waals surface area contributed by atoms with Crippen LogP contribution in [-0.2, 0) is 6.54 Å². The zero-order chi connectivity index (χ0) is 13.4. The van der Waals surface area contributed by atoms with E-state index < -0.39 is 0 Å². The first-order chi connectivity index (χ1) is 8.76. The van der Waals surface area contributed by atoms with E-state index in [0.29, 0.717) is 12.6 Å². The van der Waals surface area contributed by atoms with Gasteiger partial charge in [-0.15, -0.1) is 0 Å². The summed E-state index contributed by atoms with van der Waals surface area (Å²) in [5.74, 6) is 1.45. The van der Waals surface area contributed by atoms with Gasteiger partial charge >= 0.3 is 0 Å². The summed E-state index contributed by atoms with van der Waals surface area (Å²) in [4.78, 5) is 4.36. The van der Waals surface area contributed by atoms with Crippen LogP contribution in [0.1, 0.15) is 38.8 Å². The topological polar surface area (TPSA) is 43.4 Å². The average molecular weight is 252 g/mol. The van der Waals surface area contributed by atoms with Crippen molar-refractivity contribution in [2.45, 2.75) is 45.7 Å². The molecule has 1 aromatic heterocycles. The molecular formula is C14H24N2O2. The maximum atomic E-state index is 5.37. The Balaban J connectivity index is 2.71. The van der Waals surface area contributed by atoms with Crippen LogP contribution in [0.25, 0.3) is 0 Å². The number of hydrogen-bond acceptors (Lipinski definition) is 4. The monoisotopic (exact) mass is 252 g/mol. The third-order valence-corrected chi connectivity index (χ3v) is 3.05. The van der Waals surface area contributed by atoms with Gasteiger partial charge in [0.2, 0.25) is 0 Å². The number of rotatable bonds is 8. The van der Waals surface area contributed by atoms with Crippen LogP contribution in [0.4, 0.5) is 0 Å². The number of aromatic nitrogens is 1. The zero-order valence-electron chi connectivity index (χ0n) is 11.8. The highest BCUT2D eigenvalue weighted by atomic mass is 16.5. The van der Waals surface area contributed by atoms with E-state index in [9.17, 15) is 0 Å². The summed E-state index contributed by atoms with van der Waals surface area (Å²) >= 11 is 0. The predicted octanol–water partition coefficient (Wildman–Crippen LogP) is 2.77. The molecule has 0 fully saturated rings. The number of pyridine rings is 1. The Kier molecular flexibility index (Phi) is 6.50. The van der Waals surface area contributed by atoms with E-state index >= 15 is 0 Å². The van der Waals surface area contributed by atoms with Gasteiger partial charge in [0, 0.05) is 24.8 Å². The van der Waals surface area contributed by atoms with Crippen LogP contribution in [0.3, 0.4) is 0 Å². The minimum atomic E-state index is 0.535. The molecule has 0 aliphatic rings. The van der Waals surface area contributed by atoms with Gasteiger partial charge in [0.1, 0.15) is 0 Å². The minimum Gasteiger partial charge on any atom is -0.493 e. The van der Waals surface area contributed by atoms with E-state index in [1.807, 2.05) is 6.07 Å².